The van der Waals surface area contributed by atoms with Gasteiger partial charge in [0, 0.05) is 11.1 Å². The van der Waals surface area contributed by atoms with Crippen LogP contribution in [0.2, 0.25) is 0 Å². The highest BCUT2D eigenvalue weighted by atomic mass is 16.3. The van der Waals surface area contributed by atoms with E-state index >= 15 is 0 Å². The Morgan fingerprint density at radius 3 is 3.00 bits per heavy atom. The maximum atomic E-state index is 10.4. The molecule has 1 unspecified atom stereocenters. The second kappa shape index (κ2) is 3.17. The van der Waals surface area contributed by atoms with Crippen molar-refractivity contribution in [2.75, 3.05) is 0 Å². The molecule has 0 aliphatic carbocycles. The molecule has 0 amide bonds. The Hall–Kier alpha value is -1.78. The predicted octanol–water partition coefficient (Wildman–Crippen LogP) is 2.09. The third-order valence-electron chi connectivity index (χ3n) is 2.16. The molecule has 5 heteroatoms. The highest BCUT2D eigenvalue weighted by Gasteiger charge is 2.13. The number of rotatable bonds is 2. The average Bonchev–Trinajstić information content (AvgIpc) is 2.59. The van der Waals surface area contributed by atoms with Gasteiger partial charge in [0.05, 0.1) is 5.69 Å². The Bertz CT molecular complexity index is 477. The fraction of sp³-hybridized carbons (Fsp3) is 0.333. The molecule has 0 aromatic carbocycles. The average molecular weight is 190 g/mol. The van der Waals surface area contributed by atoms with Gasteiger partial charge in [-0.05, 0) is 26.0 Å². The van der Waals surface area contributed by atoms with Crippen molar-refractivity contribution in [2.24, 2.45) is 5.18 Å². The molecular formula is C9H10N4O. The van der Waals surface area contributed by atoms with E-state index in [-0.39, 0.29) is 0 Å². The van der Waals surface area contributed by atoms with Crippen LogP contribution in [-0.2, 0) is 0 Å². The third kappa shape index (κ3) is 1.26. The summed E-state index contributed by atoms with van der Waals surface area (Å²) in [4.78, 5) is 14.6. The van der Waals surface area contributed by atoms with E-state index < -0.39 is 6.04 Å². The van der Waals surface area contributed by atoms with Gasteiger partial charge in [-0.1, -0.05) is 5.18 Å². The molecule has 0 aliphatic rings. The van der Waals surface area contributed by atoms with Gasteiger partial charge >= 0.3 is 0 Å². The van der Waals surface area contributed by atoms with E-state index in [0.717, 1.165) is 16.8 Å². The van der Waals surface area contributed by atoms with Crippen LogP contribution in [0.3, 0.4) is 0 Å². The second-order valence-corrected chi connectivity index (χ2v) is 3.24. The minimum Gasteiger partial charge on any atom is -0.277 e. The largest absolute Gasteiger partial charge is 0.277 e. The standard InChI is InChI=1S/C9H10N4O/c1-5-3-4-7-8(6(2)13-14)11-12-9(7)10-5/h3-4,6H,1-2H3,(H,10,11,12). The molecule has 2 rings (SSSR count). The van der Waals surface area contributed by atoms with Crippen molar-refractivity contribution in [3.05, 3.63) is 28.4 Å². The normalized spacial score (nSPS) is 13.0. The lowest BCUT2D eigenvalue weighted by molar-refractivity contribution is 0.773. The maximum absolute atomic E-state index is 10.4. The van der Waals surface area contributed by atoms with Crippen molar-refractivity contribution in [2.45, 2.75) is 19.9 Å². The molecule has 0 bridgehead atoms. The molecule has 0 fully saturated rings. The summed E-state index contributed by atoms with van der Waals surface area (Å²) in [7, 11) is 0. The van der Waals surface area contributed by atoms with E-state index in [2.05, 4.69) is 20.4 Å². The monoisotopic (exact) mass is 190 g/mol. The summed E-state index contributed by atoms with van der Waals surface area (Å²) in [5.41, 5.74) is 2.26. The lowest BCUT2D eigenvalue weighted by Gasteiger charge is -1.98. The summed E-state index contributed by atoms with van der Waals surface area (Å²) in [5, 5.41) is 10.6. The predicted molar refractivity (Wildman–Crippen MR) is 52.8 cm³/mol. The molecule has 2 aromatic heterocycles. The zero-order chi connectivity index (χ0) is 10.1. The number of H-pyrrole nitrogens is 1. The first-order valence-corrected chi connectivity index (χ1v) is 4.36. The molecule has 1 N–H and O–H groups in total. The number of aryl methyl sites for hydroxylation is 1. The first-order valence-electron chi connectivity index (χ1n) is 4.36. The van der Waals surface area contributed by atoms with E-state index in [1.165, 1.54) is 0 Å². The zero-order valence-corrected chi connectivity index (χ0v) is 7.98. The first kappa shape index (κ1) is 8.80. The van der Waals surface area contributed by atoms with E-state index in [1.807, 2.05) is 19.1 Å². The van der Waals surface area contributed by atoms with Crippen LogP contribution in [-0.4, -0.2) is 15.2 Å². The number of nitrogens with zero attached hydrogens (tertiary/aromatic N) is 3. The molecule has 0 radical (unpaired) electrons. The fourth-order valence-electron chi connectivity index (χ4n) is 1.38. The van der Waals surface area contributed by atoms with Gasteiger partial charge in [0.25, 0.3) is 0 Å². The topological polar surface area (TPSA) is 71.0 Å². The molecule has 1 atom stereocenters. The van der Waals surface area contributed by atoms with Crippen LogP contribution < -0.4 is 0 Å². The van der Waals surface area contributed by atoms with Crippen molar-refractivity contribution in [1.82, 2.24) is 15.2 Å². The van der Waals surface area contributed by atoms with Gasteiger partial charge in [-0.25, -0.2) is 4.98 Å². The molecule has 0 saturated heterocycles. The third-order valence-corrected chi connectivity index (χ3v) is 2.16. The van der Waals surface area contributed by atoms with Crippen LogP contribution in [0, 0.1) is 11.8 Å². The van der Waals surface area contributed by atoms with E-state index in [0.29, 0.717) is 5.65 Å². The van der Waals surface area contributed by atoms with Gasteiger partial charge in [-0.3, -0.25) is 5.10 Å². The molecule has 2 heterocycles. The molecular weight excluding hydrogens is 180 g/mol. The molecule has 0 spiro atoms. The molecule has 5 nitrogen and oxygen atoms in total. The first-order chi connectivity index (χ1) is 6.72. The summed E-state index contributed by atoms with van der Waals surface area (Å²) in [6.07, 6.45) is 0. The van der Waals surface area contributed by atoms with Crippen LogP contribution in [0.4, 0.5) is 0 Å². The summed E-state index contributed by atoms with van der Waals surface area (Å²) >= 11 is 0. The van der Waals surface area contributed by atoms with Gasteiger partial charge < -0.3 is 0 Å². The van der Waals surface area contributed by atoms with Gasteiger partial charge in [0.15, 0.2) is 5.65 Å². The Morgan fingerprint density at radius 2 is 2.29 bits per heavy atom. The number of nitrogens with one attached hydrogen (secondary N) is 1. The number of hydrogen-bond acceptors (Lipinski definition) is 4. The van der Waals surface area contributed by atoms with Crippen molar-refractivity contribution >= 4 is 11.0 Å². The molecule has 0 aliphatic heterocycles. The SMILES string of the molecule is Cc1ccc2c(C(C)N=O)[nH]nc2n1. The van der Waals surface area contributed by atoms with Crippen LogP contribution in [0.25, 0.3) is 11.0 Å². The van der Waals surface area contributed by atoms with Gasteiger partial charge in [-0.2, -0.15) is 10.0 Å². The minimum absolute atomic E-state index is 0.412. The number of aromatic nitrogens is 3. The van der Waals surface area contributed by atoms with E-state index in [9.17, 15) is 4.91 Å². The molecule has 14 heavy (non-hydrogen) atoms. The van der Waals surface area contributed by atoms with Gasteiger partial charge in [-0.15, -0.1) is 0 Å². The van der Waals surface area contributed by atoms with Gasteiger partial charge in [0.2, 0.25) is 0 Å². The Morgan fingerprint density at radius 1 is 1.50 bits per heavy atom. The molecule has 0 saturated carbocycles. The minimum atomic E-state index is -0.412. The molecule has 72 valence electrons. The van der Waals surface area contributed by atoms with E-state index in [1.54, 1.807) is 6.92 Å². The van der Waals surface area contributed by atoms with Gasteiger partial charge in [0.1, 0.15) is 6.04 Å². The highest BCUT2D eigenvalue weighted by Crippen LogP contribution is 2.22. The summed E-state index contributed by atoms with van der Waals surface area (Å²) in [5.74, 6) is 0. The van der Waals surface area contributed by atoms with Crippen LogP contribution in [0.15, 0.2) is 17.3 Å². The van der Waals surface area contributed by atoms with Crippen LogP contribution >= 0.6 is 0 Å². The number of pyridine rings is 1. The number of hydrogen-bond donors (Lipinski definition) is 1. The smallest absolute Gasteiger partial charge is 0.181 e. The van der Waals surface area contributed by atoms with Crippen molar-refractivity contribution in [3.63, 3.8) is 0 Å². The summed E-state index contributed by atoms with van der Waals surface area (Å²) < 4.78 is 0. The van der Waals surface area contributed by atoms with Crippen molar-refractivity contribution in [1.29, 1.82) is 0 Å². The summed E-state index contributed by atoms with van der Waals surface area (Å²) in [6.45, 7) is 3.62. The maximum Gasteiger partial charge on any atom is 0.181 e. The quantitative estimate of drug-likeness (QED) is 0.737. The lowest BCUT2D eigenvalue weighted by atomic mass is 10.2. The van der Waals surface area contributed by atoms with Crippen LogP contribution in [0.1, 0.15) is 24.4 Å². The molecule has 2 aromatic rings. The van der Waals surface area contributed by atoms with Crippen molar-refractivity contribution < 1.29 is 0 Å². The Balaban J connectivity index is 2.63. The van der Waals surface area contributed by atoms with Crippen LogP contribution in [0.5, 0.6) is 0 Å². The Labute approximate surface area is 80.5 Å². The van der Waals surface area contributed by atoms with E-state index in [4.69, 9.17) is 0 Å². The number of nitroso groups, excluding NO2 is 1. The Kier molecular flexibility index (Phi) is 1.99. The number of fused-ring (bicyclic) bond motifs is 1. The van der Waals surface area contributed by atoms with Crippen molar-refractivity contribution in [3.8, 4) is 0 Å². The fourth-order valence-corrected chi connectivity index (χ4v) is 1.38. The second-order valence-electron chi connectivity index (χ2n) is 3.24. The number of aromatic amines is 1. The zero-order valence-electron chi connectivity index (χ0n) is 7.98. The highest BCUT2D eigenvalue weighted by molar-refractivity contribution is 5.78. The lowest BCUT2D eigenvalue weighted by Crippen LogP contribution is -1.89. The summed E-state index contributed by atoms with van der Waals surface area (Å²) in [6, 6.07) is 3.38.